The molecule has 1 heterocycles. The van der Waals surface area contributed by atoms with Gasteiger partial charge in [-0.05, 0) is 19.8 Å². The maximum absolute atomic E-state index is 5.45. The van der Waals surface area contributed by atoms with Crippen LogP contribution in [0, 0.1) is 6.92 Å². The lowest BCUT2D eigenvalue weighted by Crippen LogP contribution is -2.16. The molecule has 1 aliphatic rings. The Hall–Kier alpha value is -0.910. The highest BCUT2D eigenvalue weighted by Gasteiger charge is 2.20. The van der Waals surface area contributed by atoms with E-state index in [1.165, 1.54) is 24.1 Å². The first-order chi connectivity index (χ1) is 8.81. The van der Waals surface area contributed by atoms with Gasteiger partial charge < -0.3 is 14.8 Å². The maximum Gasteiger partial charge on any atom is 0.0701 e. The maximum atomic E-state index is 5.45. The average molecular weight is 253 g/mol. The van der Waals surface area contributed by atoms with E-state index in [-0.39, 0.29) is 0 Å². The minimum atomic E-state index is 0.646. The van der Waals surface area contributed by atoms with Crippen LogP contribution in [0.1, 0.15) is 24.1 Å². The van der Waals surface area contributed by atoms with E-state index in [1.54, 1.807) is 7.11 Å². The molecule has 0 bridgehead atoms. The molecule has 1 aromatic heterocycles. The molecule has 1 aliphatic carbocycles. The predicted octanol–water partition coefficient (Wildman–Crippen LogP) is 1.11. The van der Waals surface area contributed by atoms with Crippen LogP contribution in [-0.4, -0.2) is 42.8 Å². The third-order valence-electron chi connectivity index (χ3n) is 3.24. The Morgan fingerprint density at radius 2 is 2.22 bits per heavy atom. The second-order valence-corrected chi connectivity index (χ2v) is 4.74. The number of nitrogens with zero attached hydrogens (tertiary/aromatic N) is 2. The molecule has 1 N–H and O–H groups in total. The lowest BCUT2D eigenvalue weighted by molar-refractivity contribution is 0.0652. The van der Waals surface area contributed by atoms with E-state index < -0.39 is 0 Å². The van der Waals surface area contributed by atoms with Crippen molar-refractivity contribution >= 4 is 0 Å². The van der Waals surface area contributed by atoms with Gasteiger partial charge in [0.15, 0.2) is 0 Å². The molecule has 0 radical (unpaired) electrons. The van der Waals surface area contributed by atoms with Crippen molar-refractivity contribution in [2.75, 3.05) is 26.9 Å². The predicted molar refractivity (Wildman–Crippen MR) is 69.5 cm³/mol. The first-order valence-corrected chi connectivity index (χ1v) is 6.62. The number of rotatable bonds is 9. The van der Waals surface area contributed by atoms with Crippen molar-refractivity contribution < 1.29 is 9.47 Å². The second kappa shape index (κ2) is 6.87. The van der Waals surface area contributed by atoms with Crippen LogP contribution in [0.25, 0.3) is 0 Å². The number of methoxy groups -OCH3 is 1. The SMILES string of the molecule is COCCOCCn1ncc(CNC2CC2)c1C. The van der Waals surface area contributed by atoms with Crippen LogP contribution < -0.4 is 5.32 Å². The lowest BCUT2D eigenvalue weighted by atomic mass is 10.2. The monoisotopic (exact) mass is 253 g/mol. The largest absolute Gasteiger partial charge is 0.382 e. The highest BCUT2D eigenvalue weighted by Crippen LogP contribution is 2.19. The van der Waals surface area contributed by atoms with Crippen LogP contribution in [-0.2, 0) is 22.6 Å². The molecular formula is C13H23N3O2. The summed E-state index contributed by atoms with van der Waals surface area (Å²) in [6, 6.07) is 0.741. The van der Waals surface area contributed by atoms with Crippen LogP contribution in [0.15, 0.2) is 6.20 Å². The van der Waals surface area contributed by atoms with Gasteiger partial charge in [-0.3, -0.25) is 4.68 Å². The Kier molecular flexibility index (Phi) is 5.16. The minimum absolute atomic E-state index is 0.646. The van der Waals surface area contributed by atoms with Gasteiger partial charge in [-0.25, -0.2) is 0 Å². The molecule has 102 valence electrons. The van der Waals surface area contributed by atoms with Crippen molar-refractivity contribution in [1.82, 2.24) is 15.1 Å². The van der Waals surface area contributed by atoms with Crippen LogP contribution in [0.3, 0.4) is 0 Å². The topological polar surface area (TPSA) is 48.3 Å². The Balaban J connectivity index is 1.70. The summed E-state index contributed by atoms with van der Waals surface area (Å²) >= 11 is 0. The zero-order chi connectivity index (χ0) is 12.8. The van der Waals surface area contributed by atoms with E-state index in [0.717, 1.165) is 19.1 Å². The Bertz CT molecular complexity index is 361. The van der Waals surface area contributed by atoms with Gasteiger partial charge in [0.25, 0.3) is 0 Å². The van der Waals surface area contributed by atoms with Crippen LogP contribution in [0.5, 0.6) is 0 Å². The number of nitrogens with one attached hydrogen (secondary N) is 1. The van der Waals surface area contributed by atoms with Gasteiger partial charge in [0.1, 0.15) is 0 Å². The van der Waals surface area contributed by atoms with Crippen molar-refractivity contribution in [1.29, 1.82) is 0 Å². The third kappa shape index (κ3) is 4.08. The zero-order valence-corrected chi connectivity index (χ0v) is 11.3. The van der Waals surface area contributed by atoms with Crippen molar-refractivity contribution in [2.45, 2.75) is 38.9 Å². The summed E-state index contributed by atoms with van der Waals surface area (Å²) < 4.78 is 12.4. The highest BCUT2D eigenvalue weighted by atomic mass is 16.5. The van der Waals surface area contributed by atoms with E-state index in [2.05, 4.69) is 17.3 Å². The van der Waals surface area contributed by atoms with Crippen molar-refractivity contribution in [2.24, 2.45) is 0 Å². The standard InChI is InChI=1S/C13H23N3O2/c1-11-12(9-14-13-3-4-13)10-15-16(11)5-6-18-8-7-17-2/h10,13-14H,3-9H2,1-2H3. The van der Waals surface area contributed by atoms with Gasteiger partial charge in [0, 0.05) is 31.0 Å². The summed E-state index contributed by atoms with van der Waals surface area (Å²) in [5.74, 6) is 0. The number of hydrogen-bond acceptors (Lipinski definition) is 4. The number of hydrogen-bond donors (Lipinski definition) is 1. The first-order valence-electron chi connectivity index (χ1n) is 6.62. The van der Waals surface area contributed by atoms with Crippen molar-refractivity contribution in [3.8, 4) is 0 Å². The molecule has 0 aromatic carbocycles. The summed E-state index contributed by atoms with van der Waals surface area (Å²) in [6.45, 7) is 5.83. The Morgan fingerprint density at radius 3 is 2.94 bits per heavy atom. The summed E-state index contributed by atoms with van der Waals surface area (Å²) in [7, 11) is 1.68. The molecule has 1 fully saturated rings. The first kappa shape index (κ1) is 13.5. The quantitative estimate of drug-likeness (QED) is 0.670. The Labute approximate surface area is 108 Å². The lowest BCUT2D eigenvalue weighted by Gasteiger charge is -2.07. The number of aromatic nitrogens is 2. The average Bonchev–Trinajstić information content (AvgIpc) is 3.13. The molecule has 0 saturated heterocycles. The molecular weight excluding hydrogens is 230 g/mol. The van der Waals surface area contributed by atoms with Crippen molar-refractivity contribution in [3.05, 3.63) is 17.5 Å². The van der Waals surface area contributed by atoms with Crippen LogP contribution in [0.4, 0.5) is 0 Å². The molecule has 1 saturated carbocycles. The molecule has 0 atom stereocenters. The molecule has 0 spiro atoms. The van der Waals surface area contributed by atoms with Gasteiger partial charge in [0.2, 0.25) is 0 Å². The fourth-order valence-electron chi connectivity index (χ4n) is 1.82. The second-order valence-electron chi connectivity index (χ2n) is 4.74. The van der Waals surface area contributed by atoms with Gasteiger partial charge in [-0.2, -0.15) is 5.10 Å². The normalized spacial score (nSPS) is 15.2. The highest BCUT2D eigenvalue weighted by molar-refractivity contribution is 5.16. The molecule has 0 unspecified atom stereocenters. The fraction of sp³-hybridized carbons (Fsp3) is 0.769. The molecule has 5 heteroatoms. The Morgan fingerprint density at radius 1 is 1.39 bits per heavy atom. The molecule has 0 amide bonds. The number of ether oxygens (including phenoxy) is 2. The summed E-state index contributed by atoms with van der Waals surface area (Å²) in [5.41, 5.74) is 2.53. The van der Waals surface area contributed by atoms with E-state index in [4.69, 9.17) is 9.47 Å². The van der Waals surface area contributed by atoms with E-state index in [9.17, 15) is 0 Å². The van der Waals surface area contributed by atoms with E-state index in [0.29, 0.717) is 19.8 Å². The van der Waals surface area contributed by atoms with Gasteiger partial charge in [-0.15, -0.1) is 0 Å². The fourth-order valence-corrected chi connectivity index (χ4v) is 1.82. The minimum Gasteiger partial charge on any atom is -0.382 e. The van der Waals surface area contributed by atoms with Crippen LogP contribution >= 0.6 is 0 Å². The van der Waals surface area contributed by atoms with E-state index in [1.807, 2.05) is 10.9 Å². The zero-order valence-electron chi connectivity index (χ0n) is 11.3. The van der Waals surface area contributed by atoms with Gasteiger partial charge >= 0.3 is 0 Å². The summed E-state index contributed by atoms with van der Waals surface area (Å²) in [6.07, 6.45) is 4.60. The summed E-state index contributed by atoms with van der Waals surface area (Å²) in [4.78, 5) is 0. The molecule has 18 heavy (non-hydrogen) atoms. The smallest absolute Gasteiger partial charge is 0.0701 e. The van der Waals surface area contributed by atoms with Gasteiger partial charge in [0.05, 0.1) is 32.6 Å². The van der Waals surface area contributed by atoms with Crippen LogP contribution in [0.2, 0.25) is 0 Å². The molecule has 0 aliphatic heterocycles. The van der Waals surface area contributed by atoms with Gasteiger partial charge in [-0.1, -0.05) is 0 Å². The molecule has 2 rings (SSSR count). The molecule has 1 aromatic rings. The summed E-state index contributed by atoms with van der Waals surface area (Å²) in [5, 5.41) is 7.91. The van der Waals surface area contributed by atoms with E-state index >= 15 is 0 Å². The molecule has 5 nitrogen and oxygen atoms in total. The van der Waals surface area contributed by atoms with Crippen molar-refractivity contribution in [3.63, 3.8) is 0 Å². The third-order valence-corrected chi connectivity index (χ3v) is 3.24.